The van der Waals surface area contributed by atoms with Gasteiger partial charge in [0.25, 0.3) is 0 Å². The van der Waals surface area contributed by atoms with Crippen molar-refractivity contribution >= 4 is 5.97 Å². The van der Waals surface area contributed by atoms with Gasteiger partial charge in [-0.25, -0.2) is 4.79 Å². The molecule has 0 heterocycles. The van der Waals surface area contributed by atoms with Gasteiger partial charge in [0.05, 0.1) is 18.6 Å². The molecule has 0 aliphatic rings. The highest BCUT2D eigenvalue weighted by Crippen LogP contribution is 1.99. The van der Waals surface area contributed by atoms with E-state index in [-0.39, 0.29) is 5.57 Å². The highest BCUT2D eigenvalue weighted by atomic mass is 16.6. The standard InChI is InChI=1S/C6H10O4/c1-4(5(7)9-2)6(8)10-3/h7H,1-3H3/p-1/b5-4-. The first-order chi connectivity index (χ1) is 4.63. The summed E-state index contributed by atoms with van der Waals surface area (Å²) in [7, 11) is 2.41. The summed E-state index contributed by atoms with van der Waals surface area (Å²) < 4.78 is 8.52. The van der Waals surface area contributed by atoms with E-state index in [1.807, 2.05) is 0 Å². The maximum atomic E-state index is 10.6. The fourth-order valence-electron chi connectivity index (χ4n) is 0.390. The fraction of sp³-hybridized carbons (Fsp3) is 0.500. The summed E-state index contributed by atoms with van der Waals surface area (Å²) in [5, 5.41) is 10.6. The van der Waals surface area contributed by atoms with Crippen molar-refractivity contribution in [2.24, 2.45) is 0 Å². The molecule has 4 nitrogen and oxygen atoms in total. The van der Waals surface area contributed by atoms with E-state index in [9.17, 15) is 9.90 Å². The lowest BCUT2D eigenvalue weighted by Gasteiger charge is -2.11. The van der Waals surface area contributed by atoms with Crippen LogP contribution < -0.4 is 5.11 Å². The maximum absolute atomic E-state index is 10.6. The normalized spacial score (nSPS) is 11.9. The molecule has 0 spiro atoms. The molecular weight excluding hydrogens is 136 g/mol. The molecule has 0 N–H and O–H groups in total. The molecule has 10 heavy (non-hydrogen) atoms. The fourth-order valence-corrected chi connectivity index (χ4v) is 0.390. The highest BCUT2D eigenvalue weighted by molar-refractivity contribution is 5.87. The molecule has 58 valence electrons. The van der Waals surface area contributed by atoms with E-state index in [1.54, 1.807) is 0 Å². The van der Waals surface area contributed by atoms with Gasteiger partial charge in [-0.15, -0.1) is 0 Å². The molecule has 0 saturated carbocycles. The van der Waals surface area contributed by atoms with Crippen molar-refractivity contribution in [1.29, 1.82) is 0 Å². The minimum Gasteiger partial charge on any atom is -0.616 e. The summed E-state index contributed by atoms with van der Waals surface area (Å²) in [4.78, 5) is 10.6. The Morgan fingerprint density at radius 2 is 1.80 bits per heavy atom. The van der Waals surface area contributed by atoms with Gasteiger partial charge in [-0.2, -0.15) is 0 Å². The minimum atomic E-state index is -0.660. The van der Waals surface area contributed by atoms with Crippen LogP contribution in [0.25, 0.3) is 0 Å². The van der Waals surface area contributed by atoms with Crippen molar-refractivity contribution in [3.8, 4) is 0 Å². The van der Waals surface area contributed by atoms with Gasteiger partial charge in [0.1, 0.15) is 0 Å². The van der Waals surface area contributed by atoms with Crippen LogP contribution in [0.4, 0.5) is 0 Å². The smallest absolute Gasteiger partial charge is 0.335 e. The monoisotopic (exact) mass is 145 g/mol. The van der Waals surface area contributed by atoms with Crippen LogP contribution in [-0.2, 0) is 14.3 Å². The number of carbonyl (C=O) groups is 1. The third-order valence-corrected chi connectivity index (χ3v) is 0.983. The Hall–Kier alpha value is -1.19. The lowest BCUT2D eigenvalue weighted by atomic mass is 10.3. The Kier molecular flexibility index (Phi) is 3.32. The quantitative estimate of drug-likeness (QED) is 0.295. The molecular formula is C6H9O4-. The van der Waals surface area contributed by atoms with Crippen molar-refractivity contribution in [2.75, 3.05) is 14.2 Å². The number of rotatable bonds is 2. The summed E-state index contributed by atoms with van der Waals surface area (Å²) in [5.41, 5.74) is -0.0509. The Bertz CT molecular complexity index is 159. The van der Waals surface area contributed by atoms with Crippen LogP contribution in [0.3, 0.4) is 0 Å². The Morgan fingerprint density at radius 1 is 1.30 bits per heavy atom. The number of hydrogen-bond donors (Lipinski definition) is 0. The van der Waals surface area contributed by atoms with E-state index < -0.39 is 11.9 Å². The van der Waals surface area contributed by atoms with Crippen molar-refractivity contribution in [3.63, 3.8) is 0 Å². The van der Waals surface area contributed by atoms with Crippen LogP contribution in [0.2, 0.25) is 0 Å². The largest absolute Gasteiger partial charge is 0.616 e. The van der Waals surface area contributed by atoms with E-state index in [0.29, 0.717) is 0 Å². The van der Waals surface area contributed by atoms with Crippen LogP contribution in [0, 0.1) is 0 Å². The number of esters is 1. The van der Waals surface area contributed by atoms with Crippen LogP contribution in [-0.4, -0.2) is 20.2 Å². The van der Waals surface area contributed by atoms with Crippen LogP contribution >= 0.6 is 0 Å². The second-order valence-corrected chi connectivity index (χ2v) is 1.61. The second-order valence-electron chi connectivity index (χ2n) is 1.61. The molecule has 0 unspecified atom stereocenters. The number of methoxy groups -OCH3 is 2. The Balaban J connectivity index is 4.30. The molecule has 0 fully saturated rings. The molecule has 0 rings (SSSR count). The van der Waals surface area contributed by atoms with Crippen LogP contribution in [0.1, 0.15) is 6.92 Å². The van der Waals surface area contributed by atoms with Gasteiger partial charge in [0.2, 0.25) is 0 Å². The zero-order chi connectivity index (χ0) is 8.15. The molecule has 0 aliphatic heterocycles. The van der Waals surface area contributed by atoms with E-state index in [2.05, 4.69) is 9.47 Å². The SMILES string of the molecule is COC(=O)/C(C)=C(/[O-])OC. The van der Waals surface area contributed by atoms with Gasteiger partial charge in [0, 0.05) is 0 Å². The lowest BCUT2D eigenvalue weighted by molar-refractivity contribution is -0.354. The zero-order valence-electron chi connectivity index (χ0n) is 6.13. The van der Waals surface area contributed by atoms with Crippen LogP contribution in [0.5, 0.6) is 0 Å². The Morgan fingerprint density at radius 3 is 2.10 bits per heavy atom. The predicted octanol–water partition coefficient (Wildman–Crippen LogP) is -0.602. The van der Waals surface area contributed by atoms with Gasteiger partial charge in [-0.1, -0.05) is 0 Å². The van der Waals surface area contributed by atoms with Crippen molar-refractivity contribution in [1.82, 2.24) is 0 Å². The van der Waals surface area contributed by atoms with Gasteiger partial charge < -0.3 is 14.6 Å². The molecule has 0 saturated heterocycles. The summed E-state index contributed by atoms with van der Waals surface area (Å²) in [6, 6.07) is 0. The minimum absolute atomic E-state index is 0.0509. The number of carbonyl (C=O) groups excluding carboxylic acids is 1. The molecule has 0 amide bonds. The van der Waals surface area contributed by atoms with Crippen molar-refractivity contribution in [3.05, 3.63) is 11.5 Å². The number of hydrogen-bond acceptors (Lipinski definition) is 4. The van der Waals surface area contributed by atoms with Gasteiger partial charge >= 0.3 is 5.97 Å². The lowest BCUT2D eigenvalue weighted by Crippen LogP contribution is -2.14. The maximum Gasteiger partial charge on any atom is 0.335 e. The summed E-state index contributed by atoms with van der Waals surface area (Å²) in [6.07, 6.45) is 0. The Labute approximate surface area is 59.1 Å². The first-order valence-electron chi connectivity index (χ1n) is 2.63. The third-order valence-electron chi connectivity index (χ3n) is 0.983. The van der Waals surface area contributed by atoms with Gasteiger partial charge in [-0.05, 0) is 14.0 Å². The zero-order valence-corrected chi connectivity index (χ0v) is 6.13. The summed E-state index contributed by atoms with van der Waals surface area (Å²) in [5.74, 6) is -1.32. The highest BCUT2D eigenvalue weighted by Gasteiger charge is 2.03. The molecule has 0 aromatic carbocycles. The molecule has 0 bridgehead atoms. The van der Waals surface area contributed by atoms with E-state index in [4.69, 9.17) is 0 Å². The second kappa shape index (κ2) is 3.76. The van der Waals surface area contributed by atoms with Crippen molar-refractivity contribution < 1.29 is 19.4 Å². The molecule has 0 aromatic heterocycles. The molecule has 0 radical (unpaired) electrons. The van der Waals surface area contributed by atoms with Crippen molar-refractivity contribution in [2.45, 2.75) is 6.92 Å². The van der Waals surface area contributed by atoms with E-state index in [0.717, 1.165) is 0 Å². The third kappa shape index (κ3) is 1.97. The summed E-state index contributed by atoms with van der Waals surface area (Å²) in [6.45, 7) is 1.34. The summed E-state index contributed by atoms with van der Waals surface area (Å²) >= 11 is 0. The average molecular weight is 145 g/mol. The first-order valence-corrected chi connectivity index (χ1v) is 2.63. The molecule has 4 heteroatoms. The topological polar surface area (TPSA) is 58.6 Å². The van der Waals surface area contributed by atoms with Gasteiger partial charge in [-0.3, -0.25) is 0 Å². The van der Waals surface area contributed by atoms with Crippen LogP contribution in [0.15, 0.2) is 11.5 Å². The van der Waals surface area contributed by atoms with E-state index >= 15 is 0 Å². The predicted molar refractivity (Wildman–Crippen MR) is 31.7 cm³/mol. The molecule has 0 aromatic rings. The average Bonchev–Trinajstić information content (AvgIpc) is 2.00. The van der Waals surface area contributed by atoms with Gasteiger partial charge in [0.15, 0.2) is 0 Å². The molecule has 0 aliphatic carbocycles. The number of ether oxygens (including phenoxy) is 2. The molecule has 0 atom stereocenters. The van der Waals surface area contributed by atoms with E-state index in [1.165, 1.54) is 21.1 Å². The first kappa shape index (κ1) is 8.81.